The summed E-state index contributed by atoms with van der Waals surface area (Å²) in [6, 6.07) is 10.5. The Balaban J connectivity index is 1.90. The number of rotatable bonds is 6. The van der Waals surface area contributed by atoms with E-state index in [9.17, 15) is 20.4 Å². The van der Waals surface area contributed by atoms with E-state index in [4.69, 9.17) is 14.5 Å². The summed E-state index contributed by atoms with van der Waals surface area (Å²) in [5, 5.41) is 36.9. The number of benzene rings is 3. The molecule has 0 fully saturated rings. The van der Waals surface area contributed by atoms with Crippen LogP contribution in [0.25, 0.3) is 16.7 Å². The highest BCUT2D eigenvalue weighted by Gasteiger charge is 2.46. The molecule has 2 N–H and O–H groups in total. The van der Waals surface area contributed by atoms with E-state index in [1.807, 2.05) is 71.9 Å². The normalized spacial score (nSPS) is 17.6. The van der Waals surface area contributed by atoms with Crippen molar-refractivity contribution in [1.29, 1.82) is 10.5 Å². The van der Waals surface area contributed by atoms with Gasteiger partial charge in [0.05, 0.1) is 22.0 Å². The molecule has 3 aromatic rings. The summed E-state index contributed by atoms with van der Waals surface area (Å²) in [5.41, 5.74) is -2.94. The van der Waals surface area contributed by atoms with Crippen LogP contribution in [0.3, 0.4) is 0 Å². The number of nitrogens with one attached hydrogen (secondary N) is 1. The molecule has 0 saturated carbocycles. The molecule has 3 aromatic carbocycles. The van der Waals surface area contributed by atoms with Crippen molar-refractivity contribution in [2.24, 2.45) is 4.99 Å². The lowest BCUT2D eigenvalue weighted by atomic mass is 9.82. The first-order valence-electron chi connectivity index (χ1n) is 16.3. The first kappa shape index (κ1) is 35.8. The SMILES string of the molecule is COCOC(C#N)(C#N)c1c(F)c(F)c(C(=O)O)c(C2=c3cc4c(cc3[Si](C)(C)c3cc5c(cc32)C(C)=CC(C)(C)N5)=NC(C)(C)C=C4C)c1F. The second kappa shape index (κ2) is 11.8. The zero-order valence-electron chi connectivity index (χ0n) is 29.8. The Morgan fingerprint density at radius 2 is 1.59 bits per heavy atom. The lowest BCUT2D eigenvalue weighted by Gasteiger charge is -2.38. The average Bonchev–Trinajstić information content (AvgIpc) is 3.03. The number of hydrogen-bond acceptors (Lipinski definition) is 7. The fraction of sp³-hybridized carbons (Fsp3) is 0.333. The predicted molar refractivity (Wildman–Crippen MR) is 190 cm³/mol. The molecule has 3 aliphatic heterocycles. The number of carboxylic acid groups (broad SMARTS) is 1. The van der Waals surface area contributed by atoms with Gasteiger partial charge in [-0.2, -0.15) is 10.5 Å². The quantitative estimate of drug-likeness (QED) is 0.197. The smallest absolute Gasteiger partial charge is 0.339 e. The maximum absolute atomic E-state index is 17.5. The summed E-state index contributed by atoms with van der Waals surface area (Å²) in [6.07, 6.45) is 4.02. The van der Waals surface area contributed by atoms with Crippen molar-refractivity contribution in [2.75, 3.05) is 19.2 Å². The highest BCUT2D eigenvalue weighted by Crippen LogP contribution is 2.42. The predicted octanol–water partition coefficient (Wildman–Crippen LogP) is 5.47. The van der Waals surface area contributed by atoms with Gasteiger partial charge in [0.1, 0.15) is 38.4 Å². The number of carbonyl (C=O) groups is 1. The monoisotopic (exact) mass is 710 g/mol. The van der Waals surface area contributed by atoms with Gasteiger partial charge in [-0.1, -0.05) is 25.2 Å². The minimum atomic E-state index is -3.03. The molecule has 0 radical (unpaired) electrons. The summed E-state index contributed by atoms with van der Waals surface area (Å²) < 4.78 is 59.8. The van der Waals surface area contributed by atoms with Crippen LogP contribution in [0, 0.1) is 40.1 Å². The van der Waals surface area contributed by atoms with Gasteiger partial charge in [0.15, 0.2) is 11.6 Å². The largest absolute Gasteiger partial charge is 0.478 e. The van der Waals surface area contributed by atoms with E-state index in [1.165, 1.54) is 19.2 Å². The molecule has 262 valence electrons. The van der Waals surface area contributed by atoms with Crippen LogP contribution in [0.2, 0.25) is 13.1 Å². The third-order valence-corrected chi connectivity index (χ3v) is 13.4. The second-order valence-electron chi connectivity index (χ2n) is 15.0. The molecule has 3 aliphatic rings. The maximum Gasteiger partial charge on any atom is 0.339 e. The number of ether oxygens (including phenoxy) is 2. The van der Waals surface area contributed by atoms with Crippen LogP contribution < -0.4 is 26.3 Å². The molecule has 0 amide bonds. The van der Waals surface area contributed by atoms with Gasteiger partial charge >= 0.3 is 5.97 Å². The van der Waals surface area contributed by atoms with E-state index in [0.29, 0.717) is 21.7 Å². The zero-order chi connectivity index (χ0) is 37.6. The maximum atomic E-state index is 17.5. The Kier molecular flexibility index (Phi) is 8.26. The molecule has 12 heteroatoms. The molecule has 0 saturated heterocycles. The van der Waals surface area contributed by atoms with Crippen LogP contribution in [0.15, 0.2) is 41.4 Å². The van der Waals surface area contributed by atoms with Gasteiger partial charge in [0.2, 0.25) is 0 Å². The first-order chi connectivity index (χ1) is 23.7. The molecule has 0 spiro atoms. The van der Waals surface area contributed by atoms with Crippen molar-refractivity contribution in [3.8, 4) is 12.1 Å². The Morgan fingerprint density at radius 1 is 0.941 bits per heavy atom. The van der Waals surface area contributed by atoms with Gasteiger partial charge in [-0.3, -0.25) is 4.99 Å². The first-order valence-corrected chi connectivity index (χ1v) is 19.3. The second-order valence-corrected chi connectivity index (χ2v) is 19.3. The summed E-state index contributed by atoms with van der Waals surface area (Å²) in [4.78, 5) is 17.9. The van der Waals surface area contributed by atoms with Gasteiger partial charge in [0, 0.05) is 29.5 Å². The molecule has 0 atom stereocenters. The third-order valence-electron chi connectivity index (χ3n) is 9.89. The molecule has 8 nitrogen and oxygen atoms in total. The van der Waals surface area contributed by atoms with Crippen LogP contribution in [0.5, 0.6) is 0 Å². The van der Waals surface area contributed by atoms with Crippen LogP contribution in [0.1, 0.15) is 79.7 Å². The Hall–Kier alpha value is -5.01. The summed E-state index contributed by atoms with van der Waals surface area (Å²) in [5.74, 6) is -7.52. The number of allylic oxidation sites excluding steroid dienone is 2. The molecule has 0 unspecified atom stereocenters. The van der Waals surface area contributed by atoms with E-state index < -0.39 is 71.7 Å². The molecule has 0 aliphatic carbocycles. The average molecular weight is 711 g/mol. The van der Waals surface area contributed by atoms with Gasteiger partial charge < -0.3 is 19.9 Å². The summed E-state index contributed by atoms with van der Waals surface area (Å²) >= 11 is 0. The van der Waals surface area contributed by atoms with Crippen LogP contribution >= 0.6 is 0 Å². The van der Waals surface area contributed by atoms with Crippen LogP contribution in [-0.4, -0.2) is 44.1 Å². The molecule has 0 aromatic heterocycles. The van der Waals surface area contributed by atoms with Crippen molar-refractivity contribution in [3.63, 3.8) is 0 Å². The number of carboxylic acids is 1. The van der Waals surface area contributed by atoms with Crippen molar-refractivity contribution in [2.45, 2.75) is 71.3 Å². The topological polar surface area (TPSA) is 128 Å². The van der Waals surface area contributed by atoms with E-state index in [-0.39, 0.29) is 5.57 Å². The Bertz CT molecular complexity index is 2370. The number of hydrogen-bond donors (Lipinski definition) is 2. The number of nitrogens with zero attached hydrogens (tertiary/aromatic N) is 3. The lowest BCUT2D eigenvalue weighted by molar-refractivity contribution is -0.0861. The molecular formula is C39H37F3N4O4Si. The molecule has 3 heterocycles. The van der Waals surface area contributed by atoms with Gasteiger partial charge in [0.25, 0.3) is 5.60 Å². The van der Waals surface area contributed by atoms with E-state index in [1.54, 1.807) is 6.07 Å². The highest BCUT2D eigenvalue weighted by molar-refractivity contribution is 7.01. The lowest BCUT2D eigenvalue weighted by Crippen LogP contribution is -2.64. The number of anilines is 1. The Morgan fingerprint density at radius 3 is 2.20 bits per heavy atom. The van der Waals surface area contributed by atoms with Crippen molar-refractivity contribution < 1.29 is 32.5 Å². The van der Waals surface area contributed by atoms with Crippen LogP contribution in [0.4, 0.5) is 18.9 Å². The minimum Gasteiger partial charge on any atom is -0.478 e. The minimum absolute atomic E-state index is 0.0146. The van der Waals surface area contributed by atoms with E-state index >= 15 is 13.2 Å². The Labute approximate surface area is 294 Å². The fourth-order valence-corrected chi connectivity index (χ4v) is 10.8. The highest BCUT2D eigenvalue weighted by atomic mass is 28.3. The molecule has 6 rings (SSSR count). The van der Waals surface area contributed by atoms with Crippen molar-refractivity contribution >= 4 is 46.8 Å². The van der Waals surface area contributed by atoms with Gasteiger partial charge in [-0.25, -0.2) is 18.0 Å². The molecule has 0 bridgehead atoms. The number of methoxy groups -OCH3 is 1. The number of halogens is 3. The van der Waals surface area contributed by atoms with Gasteiger partial charge in [-0.15, -0.1) is 0 Å². The van der Waals surface area contributed by atoms with E-state index in [0.717, 1.165) is 32.8 Å². The zero-order valence-corrected chi connectivity index (χ0v) is 30.8. The van der Waals surface area contributed by atoms with Crippen molar-refractivity contribution in [1.82, 2.24) is 0 Å². The fourth-order valence-electron chi connectivity index (χ4n) is 7.81. The van der Waals surface area contributed by atoms with Gasteiger partial charge in [-0.05, 0) is 104 Å². The van der Waals surface area contributed by atoms with Crippen LogP contribution in [-0.2, 0) is 15.1 Å². The summed E-state index contributed by atoms with van der Waals surface area (Å²) in [7, 11) is -1.61. The third kappa shape index (κ3) is 5.41. The van der Waals surface area contributed by atoms with Crippen molar-refractivity contribution in [3.05, 3.63) is 97.8 Å². The number of fused-ring (bicyclic) bond motifs is 4. The molecule has 51 heavy (non-hydrogen) atoms. The standard InChI is InChI=1S/C39H37F3N4O4Si/c1-19-14-37(3,4)45-25-12-27-23(10-21(19)25)29(24-11-22-20(2)15-38(5,6)46-26(22)13-28(24)51(27,8)9)30-31(36(47)48)34(41)35(42)32(33(30)40)39(16-43,17-44)50-18-49-7/h10-15,45H,18H2,1-9H3,(H,47,48). The van der Waals surface area contributed by atoms with E-state index in [2.05, 4.69) is 18.4 Å². The molecular weight excluding hydrogens is 674 g/mol. The number of nitriles is 2. The summed E-state index contributed by atoms with van der Waals surface area (Å²) in [6.45, 7) is 15.3. The number of aromatic carboxylic acids is 1.